The molecule has 5 aliphatic rings. The van der Waals surface area contributed by atoms with Crippen LogP contribution < -0.4 is 0 Å². The van der Waals surface area contributed by atoms with E-state index in [0.717, 1.165) is 44.9 Å². The molecule has 0 aromatic heterocycles. The standard InChI is InChI=1S/C20H30O4/c1-13(2)19-10-11-20(24-23-19)14(12-19)6-7-15-17(3,16(21)22)8-5-9-18(15,20)4/h12-13,15H,5-11H2,1-4H3,(H,21,22)/t15-,17+,18-,19-,20+/m0/s1. The highest BCUT2D eigenvalue weighted by atomic mass is 17.2. The molecule has 4 heteroatoms. The maximum Gasteiger partial charge on any atom is 0.309 e. The topological polar surface area (TPSA) is 55.8 Å². The Balaban J connectivity index is 1.81. The zero-order valence-corrected chi connectivity index (χ0v) is 15.4. The van der Waals surface area contributed by atoms with Gasteiger partial charge in [0.25, 0.3) is 0 Å². The SMILES string of the molecule is CC(C)[C@@]12C=C3CC[C@H]4[C@](C)(C(=O)O)CCC[C@]4(C)[C@]3(CC1)OO2. The summed E-state index contributed by atoms with van der Waals surface area (Å²) in [5.41, 5.74) is -0.136. The summed E-state index contributed by atoms with van der Waals surface area (Å²) in [5.74, 6) is -0.127. The Kier molecular flexibility index (Phi) is 3.35. The number of carbonyl (C=O) groups is 1. The molecular formula is C20H30O4. The fraction of sp³-hybridized carbons (Fsp3) is 0.850. The summed E-state index contributed by atoms with van der Waals surface area (Å²) in [4.78, 5) is 24.3. The van der Waals surface area contributed by atoms with E-state index in [1.54, 1.807) is 0 Å². The van der Waals surface area contributed by atoms with Crippen molar-refractivity contribution in [3.8, 4) is 0 Å². The highest BCUT2D eigenvalue weighted by Gasteiger charge is 2.69. The van der Waals surface area contributed by atoms with Gasteiger partial charge in [-0.2, -0.15) is 0 Å². The summed E-state index contributed by atoms with van der Waals surface area (Å²) in [6, 6.07) is 0. The Morgan fingerprint density at radius 3 is 2.54 bits per heavy atom. The molecule has 4 nitrogen and oxygen atoms in total. The van der Waals surface area contributed by atoms with E-state index in [1.165, 1.54) is 5.57 Å². The molecule has 1 N–H and O–H groups in total. The summed E-state index contributed by atoms with van der Waals surface area (Å²) in [5, 5.41) is 9.94. The lowest BCUT2D eigenvalue weighted by Gasteiger charge is -2.66. The number of carboxylic acid groups (broad SMARTS) is 1. The minimum atomic E-state index is -0.652. The van der Waals surface area contributed by atoms with Crippen LogP contribution in [0.15, 0.2) is 11.6 Å². The first-order valence-electron chi connectivity index (χ1n) is 9.53. The number of aliphatic carboxylic acids is 1. The van der Waals surface area contributed by atoms with Crippen molar-refractivity contribution in [1.29, 1.82) is 0 Å². The highest BCUT2D eigenvalue weighted by molar-refractivity contribution is 5.75. The number of hydrogen-bond acceptors (Lipinski definition) is 3. The molecule has 134 valence electrons. The number of carboxylic acids is 1. The van der Waals surface area contributed by atoms with Crippen LogP contribution in [-0.4, -0.2) is 22.3 Å². The van der Waals surface area contributed by atoms with Crippen LogP contribution in [0.5, 0.6) is 0 Å². The fourth-order valence-electron chi connectivity index (χ4n) is 6.45. The van der Waals surface area contributed by atoms with Gasteiger partial charge < -0.3 is 5.11 Å². The molecule has 0 radical (unpaired) electrons. The predicted molar refractivity (Wildman–Crippen MR) is 90.2 cm³/mol. The van der Waals surface area contributed by atoms with Gasteiger partial charge in [-0.05, 0) is 68.9 Å². The first-order chi connectivity index (χ1) is 11.2. The summed E-state index contributed by atoms with van der Waals surface area (Å²) in [6.07, 6.45) is 8.91. The number of fused-ring (bicyclic) bond motifs is 3. The lowest BCUT2D eigenvalue weighted by Crippen LogP contribution is -2.68. The molecule has 2 heterocycles. The quantitative estimate of drug-likeness (QED) is 0.597. The molecule has 0 aromatic rings. The monoisotopic (exact) mass is 334 g/mol. The van der Waals surface area contributed by atoms with Gasteiger partial charge in [-0.15, -0.1) is 0 Å². The molecule has 24 heavy (non-hydrogen) atoms. The molecule has 0 amide bonds. The van der Waals surface area contributed by atoms with E-state index in [1.807, 2.05) is 6.92 Å². The summed E-state index contributed by atoms with van der Waals surface area (Å²) in [7, 11) is 0. The van der Waals surface area contributed by atoms with Crippen LogP contribution in [0, 0.1) is 22.7 Å². The Morgan fingerprint density at radius 2 is 1.96 bits per heavy atom. The average Bonchev–Trinajstić information content (AvgIpc) is 2.55. The van der Waals surface area contributed by atoms with E-state index in [0.29, 0.717) is 5.92 Å². The largest absolute Gasteiger partial charge is 0.481 e. The van der Waals surface area contributed by atoms with Gasteiger partial charge in [0.05, 0.1) is 5.41 Å². The Morgan fingerprint density at radius 1 is 1.21 bits per heavy atom. The van der Waals surface area contributed by atoms with Gasteiger partial charge in [-0.25, -0.2) is 9.78 Å². The summed E-state index contributed by atoms with van der Waals surface area (Å²) in [6.45, 7) is 8.60. The van der Waals surface area contributed by atoms with Gasteiger partial charge in [-0.1, -0.05) is 27.2 Å². The zero-order valence-electron chi connectivity index (χ0n) is 15.4. The third-order valence-electron chi connectivity index (χ3n) is 8.17. The highest BCUT2D eigenvalue weighted by Crippen LogP contribution is 2.68. The van der Waals surface area contributed by atoms with Crippen molar-refractivity contribution in [2.45, 2.75) is 83.8 Å². The van der Waals surface area contributed by atoms with Crippen molar-refractivity contribution in [1.82, 2.24) is 0 Å². The van der Waals surface area contributed by atoms with Gasteiger partial charge in [0.1, 0.15) is 11.2 Å². The molecule has 1 spiro atoms. The molecule has 5 rings (SSSR count). The lowest BCUT2D eigenvalue weighted by molar-refractivity contribution is -0.465. The minimum absolute atomic E-state index is 0.140. The van der Waals surface area contributed by atoms with E-state index < -0.39 is 17.0 Å². The normalized spacial score (nSPS) is 50.2. The van der Waals surface area contributed by atoms with Crippen LogP contribution in [0.3, 0.4) is 0 Å². The third-order valence-corrected chi connectivity index (χ3v) is 8.17. The van der Waals surface area contributed by atoms with Gasteiger partial charge in [0.15, 0.2) is 0 Å². The van der Waals surface area contributed by atoms with Crippen molar-refractivity contribution in [3.05, 3.63) is 11.6 Å². The molecule has 0 aromatic carbocycles. The molecule has 3 aliphatic carbocycles. The summed E-state index contributed by atoms with van der Waals surface area (Å²) < 4.78 is 0. The van der Waals surface area contributed by atoms with Crippen LogP contribution in [0.1, 0.15) is 72.6 Å². The molecule has 0 unspecified atom stereocenters. The molecule has 1 saturated heterocycles. The van der Waals surface area contributed by atoms with Crippen molar-refractivity contribution in [2.75, 3.05) is 0 Å². The van der Waals surface area contributed by atoms with E-state index in [2.05, 4.69) is 26.8 Å². The minimum Gasteiger partial charge on any atom is -0.481 e. The van der Waals surface area contributed by atoms with Gasteiger partial charge in [0.2, 0.25) is 0 Å². The summed E-state index contributed by atoms with van der Waals surface area (Å²) >= 11 is 0. The Hall–Kier alpha value is -0.870. The maximum absolute atomic E-state index is 12.1. The molecule has 2 bridgehead atoms. The van der Waals surface area contributed by atoms with Crippen molar-refractivity contribution >= 4 is 5.97 Å². The first-order valence-corrected chi connectivity index (χ1v) is 9.53. The van der Waals surface area contributed by atoms with Crippen LogP contribution in [-0.2, 0) is 14.6 Å². The second-order valence-electron chi connectivity index (χ2n) is 9.36. The predicted octanol–water partition coefficient (Wildman–Crippen LogP) is 4.49. The number of rotatable bonds is 2. The van der Waals surface area contributed by atoms with Crippen LogP contribution >= 0.6 is 0 Å². The molecular weight excluding hydrogens is 304 g/mol. The first kappa shape index (κ1) is 16.6. The number of hydrogen-bond donors (Lipinski definition) is 1. The van der Waals surface area contributed by atoms with Crippen LogP contribution in [0.4, 0.5) is 0 Å². The second-order valence-corrected chi connectivity index (χ2v) is 9.36. The van der Waals surface area contributed by atoms with Gasteiger partial charge in [-0.3, -0.25) is 4.79 Å². The van der Waals surface area contributed by atoms with Crippen LogP contribution in [0.2, 0.25) is 0 Å². The van der Waals surface area contributed by atoms with Gasteiger partial charge in [0, 0.05) is 5.41 Å². The Bertz CT molecular complexity index is 599. The lowest BCUT2D eigenvalue weighted by atomic mass is 9.43. The van der Waals surface area contributed by atoms with Crippen LogP contribution in [0.25, 0.3) is 0 Å². The fourth-order valence-corrected chi connectivity index (χ4v) is 6.45. The molecule has 2 aliphatic heterocycles. The van der Waals surface area contributed by atoms with E-state index in [9.17, 15) is 9.90 Å². The zero-order chi connectivity index (χ0) is 17.4. The van der Waals surface area contributed by atoms with E-state index >= 15 is 0 Å². The second kappa shape index (κ2) is 4.85. The molecule has 5 atom stereocenters. The maximum atomic E-state index is 12.1. The third kappa shape index (κ3) is 1.74. The van der Waals surface area contributed by atoms with Crippen molar-refractivity contribution < 1.29 is 19.7 Å². The smallest absolute Gasteiger partial charge is 0.309 e. The van der Waals surface area contributed by atoms with Gasteiger partial charge >= 0.3 is 5.97 Å². The van der Waals surface area contributed by atoms with E-state index in [-0.39, 0.29) is 16.9 Å². The van der Waals surface area contributed by atoms with Crippen molar-refractivity contribution in [2.24, 2.45) is 22.7 Å². The molecule has 3 fully saturated rings. The van der Waals surface area contributed by atoms with Crippen molar-refractivity contribution in [3.63, 3.8) is 0 Å². The Labute approximate surface area is 144 Å². The molecule has 2 saturated carbocycles. The van der Waals surface area contributed by atoms with E-state index in [4.69, 9.17) is 9.78 Å². The average molecular weight is 334 g/mol.